The largest absolute Gasteiger partial charge is 0.393 e. The number of carbonyl (C=O) groups is 2. The molecule has 2 N–H and O–H groups in total. The molecule has 0 spiro atoms. The molecule has 0 aromatic heterocycles. The fourth-order valence-electron chi connectivity index (χ4n) is 3.24. The molecule has 5 nitrogen and oxygen atoms in total. The number of aryl methyl sites for hydroxylation is 1. The topological polar surface area (TPSA) is 69.6 Å². The molecular weight excluding hydrogens is 304 g/mol. The Morgan fingerprint density at radius 3 is 2.62 bits per heavy atom. The molecule has 0 radical (unpaired) electrons. The lowest BCUT2D eigenvalue weighted by atomic mass is 9.93. The van der Waals surface area contributed by atoms with Crippen molar-refractivity contribution in [2.24, 2.45) is 5.92 Å². The Hall–Kier alpha value is -1.88. The van der Waals surface area contributed by atoms with Crippen LogP contribution in [0.4, 0.5) is 5.69 Å². The normalized spacial score (nSPS) is 19.2. The summed E-state index contributed by atoms with van der Waals surface area (Å²) in [5, 5.41) is 12.6. The van der Waals surface area contributed by atoms with E-state index in [4.69, 9.17) is 0 Å². The molecule has 1 heterocycles. The Bertz CT molecular complexity index is 611. The highest BCUT2D eigenvalue weighted by atomic mass is 16.3. The Balaban J connectivity index is 2.11. The van der Waals surface area contributed by atoms with Crippen molar-refractivity contribution in [3.63, 3.8) is 0 Å². The van der Waals surface area contributed by atoms with Gasteiger partial charge in [0, 0.05) is 24.7 Å². The summed E-state index contributed by atoms with van der Waals surface area (Å²) in [5.41, 5.74) is 2.70. The number of hydrogen-bond donors (Lipinski definition) is 2. The second kappa shape index (κ2) is 7.79. The molecule has 1 fully saturated rings. The van der Waals surface area contributed by atoms with Gasteiger partial charge in [-0.1, -0.05) is 32.0 Å². The minimum Gasteiger partial charge on any atom is -0.393 e. The van der Waals surface area contributed by atoms with Crippen LogP contribution in [0.1, 0.15) is 50.7 Å². The zero-order valence-corrected chi connectivity index (χ0v) is 15.0. The predicted octanol–water partition coefficient (Wildman–Crippen LogP) is 2.68. The van der Waals surface area contributed by atoms with E-state index in [1.54, 1.807) is 11.8 Å². The van der Waals surface area contributed by atoms with Crippen molar-refractivity contribution in [3.8, 4) is 0 Å². The monoisotopic (exact) mass is 332 g/mol. The first-order chi connectivity index (χ1) is 11.3. The number of para-hydroxylation sites is 1. The average Bonchev–Trinajstić information content (AvgIpc) is 2.55. The molecule has 132 valence electrons. The molecule has 0 aliphatic carbocycles. The number of hydrogen-bond acceptors (Lipinski definition) is 3. The minimum absolute atomic E-state index is 0.0418. The molecule has 2 rings (SSSR count). The van der Waals surface area contributed by atoms with Crippen LogP contribution in [0, 0.1) is 12.8 Å². The number of rotatable bonds is 3. The molecule has 0 saturated carbocycles. The van der Waals surface area contributed by atoms with Gasteiger partial charge in [-0.15, -0.1) is 0 Å². The maximum atomic E-state index is 12.5. The van der Waals surface area contributed by atoms with Gasteiger partial charge in [0.15, 0.2) is 0 Å². The minimum atomic E-state index is -0.600. The van der Waals surface area contributed by atoms with Gasteiger partial charge in [-0.2, -0.15) is 0 Å². The van der Waals surface area contributed by atoms with Crippen LogP contribution in [0.25, 0.3) is 0 Å². The van der Waals surface area contributed by atoms with Gasteiger partial charge < -0.3 is 15.3 Å². The van der Waals surface area contributed by atoms with Gasteiger partial charge in [-0.25, -0.2) is 0 Å². The Morgan fingerprint density at radius 2 is 2.00 bits per heavy atom. The van der Waals surface area contributed by atoms with Crippen LogP contribution in [0.15, 0.2) is 18.2 Å². The molecule has 1 aliphatic rings. The number of aliphatic hydroxyl groups excluding tert-OH is 1. The highest BCUT2D eigenvalue weighted by Gasteiger charge is 2.30. The van der Waals surface area contributed by atoms with Crippen molar-refractivity contribution >= 4 is 17.5 Å². The fourth-order valence-corrected chi connectivity index (χ4v) is 3.24. The molecule has 24 heavy (non-hydrogen) atoms. The summed E-state index contributed by atoms with van der Waals surface area (Å²) >= 11 is 0. The van der Waals surface area contributed by atoms with Gasteiger partial charge in [0.05, 0.1) is 6.10 Å². The Kier molecular flexibility index (Phi) is 5.99. The lowest BCUT2D eigenvalue weighted by molar-refractivity contribution is -0.144. The third-order valence-electron chi connectivity index (χ3n) is 4.79. The van der Waals surface area contributed by atoms with E-state index < -0.39 is 17.9 Å². The molecule has 2 amide bonds. The zero-order chi connectivity index (χ0) is 17.9. The number of amides is 2. The lowest BCUT2D eigenvalue weighted by Gasteiger charge is -2.33. The van der Waals surface area contributed by atoms with E-state index in [-0.39, 0.29) is 11.8 Å². The third kappa shape index (κ3) is 4.15. The van der Waals surface area contributed by atoms with E-state index in [1.807, 2.05) is 25.1 Å². The molecule has 0 bridgehead atoms. The molecule has 1 aliphatic heterocycles. The summed E-state index contributed by atoms with van der Waals surface area (Å²) in [5.74, 6) is -0.819. The van der Waals surface area contributed by atoms with E-state index in [9.17, 15) is 14.7 Å². The van der Waals surface area contributed by atoms with Gasteiger partial charge in [-0.3, -0.25) is 9.59 Å². The SMILES string of the molecule is Cc1cccc(C(C)C)c1NC(=O)C(=O)N1CCCC(C(C)O)C1. The van der Waals surface area contributed by atoms with Crippen molar-refractivity contribution in [3.05, 3.63) is 29.3 Å². The van der Waals surface area contributed by atoms with Crippen LogP contribution >= 0.6 is 0 Å². The van der Waals surface area contributed by atoms with E-state index in [0.717, 1.165) is 29.7 Å². The van der Waals surface area contributed by atoms with Crippen LogP contribution < -0.4 is 5.32 Å². The van der Waals surface area contributed by atoms with Crippen LogP contribution in [0.2, 0.25) is 0 Å². The van der Waals surface area contributed by atoms with Crippen LogP contribution in [-0.2, 0) is 9.59 Å². The Labute approximate surface area is 144 Å². The van der Waals surface area contributed by atoms with Crippen molar-refractivity contribution in [1.82, 2.24) is 4.90 Å². The van der Waals surface area contributed by atoms with Crippen molar-refractivity contribution < 1.29 is 14.7 Å². The summed E-state index contributed by atoms with van der Waals surface area (Å²) in [7, 11) is 0. The van der Waals surface area contributed by atoms with Gasteiger partial charge in [0.2, 0.25) is 0 Å². The highest BCUT2D eigenvalue weighted by molar-refractivity contribution is 6.39. The van der Waals surface area contributed by atoms with E-state index in [0.29, 0.717) is 13.1 Å². The van der Waals surface area contributed by atoms with Crippen molar-refractivity contribution in [2.45, 2.75) is 52.6 Å². The summed E-state index contributed by atoms with van der Waals surface area (Å²) < 4.78 is 0. The maximum Gasteiger partial charge on any atom is 0.313 e. The van der Waals surface area contributed by atoms with Gasteiger partial charge >= 0.3 is 11.8 Å². The fraction of sp³-hybridized carbons (Fsp3) is 0.579. The first-order valence-electron chi connectivity index (χ1n) is 8.69. The quantitative estimate of drug-likeness (QED) is 0.836. The average molecular weight is 332 g/mol. The second-order valence-electron chi connectivity index (χ2n) is 7.04. The standard InChI is InChI=1S/C19H28N2O3/c1-12(2)16-9-5-7-13(3)17(16)20-18(23)19(24)21-10-6-8-15(11-21)14(4)22/h5,7,9,12,14-15,22H,6,8,10-11H2,1-4H3,(H,20,23). The first-order valence-corrected chi connectivity index (χ1v) is 8.69. The number of piperidine rings is 1. The van der Waals surface area contributed by atoms with E-state index in [2.05, 4.69) is 19.2 Å². The number of aliphatic hydroxyl groups is 1. The number of carbonyl (C=O) groups excluding carboxylic acids is 2. The molecular formula is C19H28N2O3. The molecule has 5 heteroatoms. The van der Waals surface area contributed by atoms with E-state index in [1.165, 1.54) is 0 Å². The number of benzene rings is 1. The number of likely N-dealkylation sites (tertiary alicyclic amines) is 1. The van der Waals surface area contributed by atoms with Gasteiger partial charge in [-0.05, 0) is 43.7 Å². The summed E-state index contributed by atoms with van der Waals surface area (Å²) in [6.45, 7) is 8.79. The van der Waals surface area contributed by atoms with Crippen LogP contribution in [0.5, 0.6) is 0 Å². The van der Waals surface area contributed by atoms with Crippen molar-refractivity contribution in [2.75, 3.05) is 18.4 Å². The number of anilines is 1. The smallest absolute Gasteiger partial charge is 0.313 e. The summed E-state index contributed by atoms with van der Waals surface area (Å²) in [6, 6.07) is 5.86. The molecule has 1 aromatic carbocycles. The van der Waals surface area contributed by atoms with Crippen LogP contribution in [-0.4, -0.2) is 41.0 Å². The molecule has 1 saturated heterocycles. The van der Waals surface area contributed by atoms with Gasteiger partial charge in [0.1, 0.15) is 0 Å². The molecule has 2 unspecified atom stereocenters. The maximum absolute atomic E-state index is 12.5. The van der Waals surface area contributed by atoms with E-state index >= 15 is 0 Å². The predicted molar refractivity (Wildman–Crippen MR) is 94.9 cm³/mol. The second-order valence-corrected chi connectivity index (χ2v) is 7.04. The van der Waals surface area contributed by atoms with Crippen LogP contribution in [0.3, 0.4) is 0 Å². The molecule has 1 aromatic rings. The van der Waals surface area contributed by atoms with Gasteiger partial charge in [0.25, 0.3) is 0 Å². The third-order valence-corrected chi connectivity index (χ3v) is 4.79. The number of nitrogens with zero attached hydrogens (tertiary/aromatic N) is 1. The Morgan fingerprint density at radius 1 is 1.29 bits per heavy atom. The summed E-state index contributed by atoms with van der Waals surface area (Å²) in [6.07, 6.45) is 1.24. The number of nitrogens with one attached hydrogen (secondary N) is 1. The van der Waals surface area contributed by atoms with Crippen molar-refractivity contribution in [1.29, 1.82) is 0 Å². The lowest BCUT2D eigenvalue weighted by Crippen LogP contribution is -2.47. The molecule has 2 atom stereocenters. The highest BCUT2D eigenvalue weighted by Crippen LogP contribution is 2.27. The summed E-state index contributed by atoms with van der Waals surface area (Å²) in [4.78, 5) is 26.5. The zero-order valence-electron chi connectivity index (χ0n) is 15.0. The first kappa shape index (κ1) is 18.5.